The van der Waals surface area contributed by atoms with Crippen molar-refractivity contribution in [3.63, 3.8) is 0 Å². The van der Waals surface area contributed by atoms with Crippen LogP contribution in [0.2, 0.25) is 0 Å². The lowest BCUT2D eigenvalue weighted by molar-refractivity contribution is 0.563. The van der Waals surface area contributed by atoms with Gasteiger partial charge in [0.2, 0.25) is 0 Å². The number of aromatic nitrogens is 2. The Hall–Kier alpha value is -0.480. The molecule has 0 aliphatic rings. The molecule has 0 saturated carbocycles. The first kappa shape index (κ1) is 16.6. The second kappa shape index (κ2) is 8.64. The summed E-state index contributed by atoms with van der Waals surface area (Å²) in [6.45, 7) is 10.9. The molecule has 0 aliphatic carbocycles. The van der Waals surface area contributed by atoms with Gasteiger partial charge in [-0.3, -0.25) is 4.68 Å². The average molecular weight is 283 g/mol. The van der Waals surface area contributed by atoms with E-state index in [1.165, 1.54) is 29.1 Å². The number of hydrogen-bond donors (Lipinski definition) is 1. The fraction of sp³-hybridized carbons (Fsp3) is 0.800. The molecule has 0 saturated heterocycles. The lowest BCUT2D eigenvalue weighted by Crippen LogP contribution is -2.20. The van der Waals surface area contributed by atoms with Crippen molar-refractivity contribution >= 4 is 11.8 Å². The SMILES string of the molecule is CCNC(C)c1c(CC)nn(CCCSC)c1CC. The minimum atomic E-state index is 0.407. The quantitative estimate of drug-likeness (QED) is 0.704. The summed E-state index contributed by atoms with van der Waals surface area (Å²) in [6.07, 6.45) is 5.46. The Kier molecular flexibility index (Phi) is 7.54. The molecule has 110 valence electrons. The first-order valence-electron chi connectivity index (χ1n) is 7.50. The predicted molar refractivity (Wildman–Crippen MR) is 86.1 cm³/mol. The first-order valence-corrected chi connectivity index (χ1v) is 8.89. The molecule has 0 bridgehead atoms. The van der Waals surface area contributed by atoms with Crippen LogP contribution >= 0.6 is 11.8 Å². The molecular formula is C15H29N3S. The highest BCUT2D eigenvalue weighted by Gasteiger charge is 2.19. The molecule has 0 fully saturated rings. The largest absolute Gasteiger partial charge is 0.310 e. The van der Waals surface area contributed by atoms with E-state index in [0.29, 0.717) is 6.04 Å². The number of hydrogen-bond acceptors (Lipinski definition) is 3. The Bertz CT molecular complexity index is 374. The Labute approximate surface area is 122 Å². The van der Waals surface area contributed by atoms with Crippen LogP contribution in [0.15, 0.2) is 0 Å². The molecule has 0 amide bonds. The normalized spacial score (nSPS) is 12.9. The lowest BCUT2D eigenvalue weighted by Gasteiger charge is -2.15. The van der Waals surface area contributed by atoms with Crippen LogP contribution in [0.5, 0.6) is 0 Å². The van der Waals surface area contributed by atoms with Gasteiger partial charge in [0.05, 0.1) is 5.69 Å². The summed E-state index contributed by atoms with van der Waals surface area (Å²) in [7, 11) is 0. The van der Waals surface area contributed by atoms with Crippen LogP contribution in [0.25, 0.3) is 0 Å². The van der Waals surface area contributed by atoms with E-state index in [1.54, 1.807) is 0 Å². The molecule has 1 heterocycles. The van der Waals surface area contributed by atoms with E-state index < -0.39 is 0 Å². The van der Waals surface area contributed by atoms with E-state index in [0.717, 1.165) is 25.9 Å². The van der Waals surface area contributed by atoms with Crippen LogP contribution in [0.1, 0.15) is 57.1 Å². The van der Waals surface area contributed by atoms with E-state index in [4.69, 9.17) is 5.10 Å². The third-order valence-corrected chi connectivity index (χ3v) is 4.20. The van der Waals surface area contributed by atoms with Crippen molar-refractivity contribution in [3.8, 4) is 0 Å². The van der Waals surface area contributed by atoms with Gasteiger partial charge in [-0.1, -0.05) is 20.8 Å². The first-order chi connectivity index (χ1) is 9.19. The van der Waals surface area contributed by atoms with E-state index in [2.05, 4.69) is 43.9 Å². The summed E-state index contributed by atoms with van der Waals surface area (Å²) in [5.41, 5.74) is 4.14. The smallest absolute Gasteiger partial charge is 0.0672 e. The van der Waals surface area contributed by atoms with Crippen LogP contribution in [0.4, 0.5) is 0 Å². The third kappa shape index (κ3) is 4.25. The summed E-state index contributed by atoms with van der Waals surface area (Å²) < 4.78 is 2.25. The Morgan fingerprint density at radius 3 is 2.53 bits per heavy atom. The molecule has 0 aromatic carbocycles. The Balaban J connectivity index is 2.99. The molecule has 0 spiro atoms. The number of nitrogens with zero attached hydrogens (tertiary/aromatic N) is 2. The second-order valence-corrected chi connectivity index (χ2v) is 5.85. The predicted octanol–water partition coefficient (Wildman–Crippen LogP) is 3.43. The maximum atomic E-state index is 4.84. The highest BCUT2D eigenvalue weighted by molar-refractivity contribution is 7.98. The van der Waals surface area contributed by atoms with E-state index in [-0.39, 0.29) is 0 Å². The minimum absolute atomic E-state index is 0.407. The van der Waals surface area contributed by atoms with Crippen molar-refractivity contribution in [2.45, 2.75) is 59.5 Å². The van der Waals surface area contributed by atoms with E-state index >= 15 is 0 Å². The maximum absolute atomic E-state index is 4.84. The fourth-order valence-electron chi connectivity index (χ4n) is 2.65. The van der Waals surface area contributed by atoms with Crippen molar-refractivity contribution in [3.05, 3.63) is 17.0 Å². The highest BCUT2D eigenvalue weighted by Crippen LogP contribution is 2.24. The Morgan fingerprint density at radius 1 is 1.26 bits per heavy atom. The van der Waals surface area contributed by atoms with Crippen molar-refractivity contribution in [1.29, 1.82) is 0 Å². The molecule has 3 nitrogen and oxygen atoms in total. The van der Waals surface area contributed by atoms with Gasteiger partial charge in [-0.05, 0) is 44.7 Å². The summed E-state index contributed by atoms with van der Waals surface area (Å²) in [5, 5.41) is 8.38. The molecule has 0 radical (unpaired) electrons. The standard InChI is InChI=1S/C15H29N3S/c1-6-13-15(12(4)16-8-3)14(7-2)18(17-13)10-9-11-19-5/h12,16H,6-11H2,1-5H3. The molecular weight excluding hydrogens is 254 g/mol. The van der Waals surface area contributed by atoms with Gasteiger partial charge in [0, 0.05) is 23.8 Å². The minimum Gasteiger partial charge on any atom is -0.310 e. The average Bonchev–Trinajstić information content (AvgIpc) is 2.77. The molecule has 1 rings (SSSR count). The molecule has 1 aromatic heterocycles. The van der Waals surface area contributed by atoms with Gasteiger partial charge in [0.25, 0.3) is 0 Å². The zero-order valence-corrected chi connectivity index (χ0v) is 13.9. The van der Waals surface area contributed by atoms with Gasteiger partial charge in [-0.15, -0.1) is 0 Å². The highest BCUT2D eigenvalue weighted by atomic mass is 32.2. The van der Waals surface area contributed by atoms with Crippen LogP contribution in [-0.4, -0.2) is 28.3 Å². The zero-order valence-electron chi connectivity index (χ0n) is 13.1. The molecule has 19 heavy (non-hydrogen) atoms. The number of aryl methyl sites for hydroxylation is 2. The summed E-state index contributed by atoms with van der Waals surface area (Å²) in [6, 6.07) is 0.407. The summed E-state index contributed by atoms with van der Waals surface area (Å²) in [4.78, 5) is 0. The summed E-state index contributed by atoms with van der Waals surface area (Å²) in [5.74, 6) is 1.21. The molecule has 1 unspecified atom stereocenters. The van der Waals surface area contributed by atoms with Crippen LogP contribution < -0.4 is 5.32 Å². The van der Waals surface area contributed by atoms with Gasteiger partial charge >= 0.3 is 0 Å². The molecule has 0 aliphatic heterocycles. The van der Waals surface area contributed by atoms with Crippen molar-refractivity contribution in [2.75, 3.05) is 18.6 Å². The molecule has 1 atom stereocenters. The monoisotopic (exact) mass is 283 g/mol. The van der Waals surface area contributed by atoms with Crippen LogP contribution in [0.3, 0.4) is 0 Å². The number of thioether (sulfide) groups is 1. The van der Waals surface area contributed by atoms with Crippen molar-refractivity contribution in [2.24, 2.45) is 0 Å². The lowest BCUT2D eigenvalue weighted by atomic mass is 10.0. The molecule has 1 N–H and O–H groups in total. The zero-order chi connectivity index (χ0) is 14.3. The molecule has 4 heteroatoms. The van der Waals surface area contributed by atoms with Crippen molar-refractivity contribution < 1.29 is 0 Å². The maximum Gasteiger partial charge on any atom is 0.0672 e. The fourth-order valence-corrected chi connectivity index (χ4v) is 3.07. The number of nitrogens with one attached hydrogen (secondary N) is 1. The third-order valence-electron chi connectivity index (χ3n) is 3.51. The topological polar surface area (TPSA) is 29.9 Å². The van der Waals surface area contributed by atoms with Gasteiger partial charge in [-0.2, -0.15) is 16.9 Å². The van der Waals surface area contributed by atoms with Gasteiger partial charge in [-0.25, -0.2) is 0 Å². The van der Waals surface area contributed by atoms with Crippen LogP contribution in [-0.2, 0) is 19.4 Å². The van der Waals surface area contributed by atoms with Gasteiger partial charge < -0.3 is 5.32 Å². The van der Waals surface area contributed by atoms with Crippen molar-refractivity contribution in [1.82, 2.24) is 15.1 Å². The van der Waals surface area contributed by atoms with E-state index in [1.807, 2.05) is 11.8 Å². The number of rotatable bonds is 9. The van der Waals surface area contributed by atoms with E-state index in [9.17, 15) is 0 Å². The van der Waals surface area contributed by atoms with Gasteiger partial charge in [0.15, 0.2) is 0 Å². The Morgan fingerprint density at radius 2 is 2.00 bits per heavy atom. The molecule has 1 aromatic rings. The summed E-state index contributed by atoms with van der Waals surface area (Å²) >= 11 is 1.91. The van der Waals surface area contributed by atoms with Crippen LogP contribution in [0, 0.1) is 0 Å². The van der Waals surface area contributed by atoms with Gasteiger partial charge in [0.1, 0.15) is 0 Å². The second-order valence-electron chi connectivity index (χ2n) is 4.86.